The summed E-state index contributed by atoms with van der Waals surface area (Å²) < 4.78 is 45.2. The molecule has 2 heterocycles. The third kappa shape index (κ3) is 14.2. The minimum Gasteiger partial charge on any atom is -0.497 e. The van der Waals surface area contributed by atoms with E-state index in [1.54, 1.807) is 13.4 Å². The van der Waals surface area contributed by atoms with Crippen LogP contribution in [0.4, 0.5) is 0 Å². The van der Waals surface area contributed by atoms with Crippen molar-refractivity contribution < 1.29 is 41.8 Å². The maximum absolute atomic E-state index is 14.0. The summed E-state index contributed by atoms with van der Waals surface area (Å²) in [7, 11) is -5.34. The normalized spacial score (nSPS) is 18.8. The zero-order chi connectivity index (χ0) is 48.6. The van der Waals surface area contributed by atoms with Crippen molar-refractivity contribution >= 4 is 41.1 Å². The molecule has 66 heavy (non-hydrogen) atoms. The Hall–Kier alpha value is -3.25. The van der Waals surface area contributed by atoms with Gasteiger partial charge in [0.15, 0.2) is 16.6 Å². The van der Waals surface area contributed by atoms with E-state index in [2.05, 4.69) is 137 Å². The molecular weight excluding hydrogens is 879 g/mol. The van der Waals surface area contributed by atoms with Crippen molar-refractivity contribution in [1.82, 2.24) is 4.98 Å². The van der Waals surface area contributed by atoms with E-state index in [-0.39, 0.29) is 52.4 Å². The number of nitrogens with zero attached hydrogens (tertiary/aromatic N) is 1. The molecule has 10 nitrogen and oxygen atoms in total. The lowest BCUT2D eigenvalue weighted by atomic mass is 9.94. The van der Waals surface area contributed by atoms with Crippen LogP contribution >= 0.6 is 0 Å². The zero-order valence-corrected chi connectivity index (χ0v) is 45.6. The van der Waals surface area contributed by atoms with Gasteiger partial charge in [0.1, 0.15) is 36.2 Å². The molecule has 0 aliphatic carbocycles. The SMILES string of the molecule is COc1ccc(CO[C@@H](CCO[Si](c2ccccc2)(c2ccccc2)C(C)(C)C)CC(=O)C[C@H](O)C[C@@H]2C[C@H](O[Si](C)(C)C(C)(C)C)C[C@H](c3coc(CO[Si](C)(C)C(C)(C)C)n3)O2)cc1. The average Bonchev–Trinajstić information content (AvgIpc) is 3.72. The fraction of sp³-hybridized carbons (Fsp3) is 0.585. The van der Waals surface area contributed by atoms with Crippen molar-refractivity contribution in [3.05, 3.63) is 108 Å². The fourth-order valence-corrected chi connectivity index (χ4v) is 15.1. The van der Waals surface area contributed by atoms with Gasteiger partial charge in [0.05, 0.1) is 38.1 Å². The van der Waals surface area contributed by atoms with Crippen LogP contribution in [0, 0.1) is 0 Å². The maximum Gasteiger partial charge on any atom is 0.261 e. The second-order valence-corrected chi connectivity index (χ2v) is 36.2. The molecule has 1 N–H and O–H groups in total. The molecule has 364 valence electrons. The Morgan fingerprint density at radius 1 is 0.758 bits per heavy atom. The topological polar surface area (TPSA) is 119 Å². The number of rotatable bonds is 22. The summed E-state index contributed by atoms with van der Waals surface area (Å²) in [5, 5.41) is 13.9. The first-order valence-corrected chi connectivity index (χ1v) is 31.7. The smallest absolute Gasteiger partial charge is 0.261 e. The Balaban J connectivity index is 1.30. The summed E-state index contributed by atoms with van der Waals surface area (Å²) in [6.45, 7) is 30.1. The van der Waals surface area contributed by atoms with Gasteiger partial charge in [0, 0.05) is 32.3 Å². The number of hydrogen-bond donors (Lipinski definition) is 1. The van der Waals surface area contributed by atoms with Gasteiger partial charge in [-0.2, -0.15) is 0 Å². The Morgan fingerprint density at radius 2 is 1.35 bits per heavy atom. The third-order valence-electron chi connectivity index (χ3n) is 14.2. The number of aliphatic hydroxyl groups excluding tert-OH is 1. The number of ketones is 1. The molecule has 5 rings (SSSR count). The number of carbonyl (C=O) groups is 1. The van der Waals surface area contributed by atoms with E-state index in [0.717, 1.165) is 11.3 Å². The number of ether oxygens (including phenoxy) is 3. The van der Waals surface area contributed by atoms with Gasteiger partial charge in [0.25, 0.3) is 8.32 Å². The standard InChI is InChI=1S/C53H81NO9Si3/c1-51(2,3)64(11,12)61-38-50-54-48(37-59-50)49-35-45(63-65(13,14)52(4,5)6)34-44(62-49)33-41(56)31-40(55)32-43(58-36-39-25-27-42(57-10)28-26-39)29-30-60-66(53(7,8)9,46-21-17-15-18-22-46)47-23-19-16-20-24-47/h15-28,37,41,43-45,49,56H,29-36,38H2,1-14H3/t41-,43-,44+,45-,49+/m0/s1. The summed E-state index contributed by atoms with van der Waals surface area (Å²) in [4.78, 5) is 18.9. The predicted molar refractivity (Wildman–Crippen MR) is 272 cm³/mol. The van der Waals surface area contributed by atoms with E-state index in [1.807, 2.05) is 36.4 Å². The number of methoxy groups -OCH3 is 1. The molecule has 1 aliphatic rings. The van der Waals surface area contributed by atoms with E-state index >= 15 is 0 Å². The number of aromatic nitrogens is 1. The van der Waals surface area contributed by atoms with Crippen LogP contribution in [0.25, 0.3) is 0 Å². The van der Waals surface area contributed by atoms with E-state index in [1.165, 1.54) is 10.4 Å². The summed E-state index contributed by atoms with van der Waals surface area (Å²) in [5.41, 5.74) is 1.67. The summed E-state index contributed by atoms with van der Waals surface area (Å²) in [5.74, 6) is 1.22. The van der Waals surface area contributed by atoms with Crippen LogP contribution in [0.1, 0.15) is 124 Å². The second-order valence-electron chi connectivity index (χ2n) is 22.4. The Kier molecular flexibility index (Phi) is 18.3. The van der Waals surface area contributed by atoms with Crippen LogP contribution < -0.4 is 15.1 Å². The molecule has 0 bridgehead atoms. The van der Waals surface area contributed by atoms with E-state index in [4.69, 9.17) is 36.9 Å². The fourth-order valence-electron chi connectivity index (χ4n) is 8.27. The lowest BCUT2D eigenvalue weighted by Crippen LogP contribution is -2.66. The molecule has 3 aromatic carbocycles. The average molecular weight is 960 g/mol. The number of Topliss-reactive ketones (excluding diaryl/α,β-unsaturated/α-hetero) is 1. The zero-order valence-electron chi connectivity index (χ0n) is 42.6. The number of hydrogen-bond acceptors (Lipinski definition) is 10. The lowest BCUT2D eigenvalue weighted by molar-refractivity contribution is -0.127. The highest BCUT2D eigenvalue weighted by Crippen LogP contribution is 2.43. The molecular formula is C53H81NO9Si3. The largest absolute Gasteiger partial charge is 0.497 e. The van der Waals surface area contributed by atoms with E-state index in [0.29, 0.717) is 50.7 Å². The van der Waals surface area contributed by atoms with Gasteiger partial charge in [-0.15, -0.1) is 0 Å². The number of oxazole rings is 1. The molecule has 0 amide bonds. The first-order valence-electron chi connectivity index (χ1n) is 23.9. The van der Waals surface area contributed by atoms with Crippen LogP contribution in [0.15, 0.2) is 95.6 Å². The molecule has 0 unspecified atom stereocenters. The molecule has 1 aromatic heterocycles. The molecule has 0 radical (unpaired) electrons. The van der Waals surface area contributed by atoms with Crippen molar-refractivity contribution in [3.63, 3.8) is 0 Å². The lowest BCUT2D eigenvalue weighted by Gasteiger charge is -2.43. The minimum atomic E-state index is -2.82. The molecule has 0 saturated carbocycles. The third-order valence-corrected chi connectivity index (χ3v) is 28.2. The minimum absolute atomic E-state index is 0.0148. The van der Waals surface area contributed by atoms with E-state index < -0.39 is 43.3 Å². The maximum atomic E-state index is 14.0. The number of aliphatic hydroxyl groups is 1. The van der Waals surface area contributed by atoms with Crippen LogP contribution in [0.5, 0.6) is 5.75 Å². The number of benzene rings is 3. The molecule has 0 spiro atoms. The van der Waals surface area contributed by atoms with Crippen molar-refractivity contribution in [3.8, 4) is 5.75 Å². The van der Waals surface area contributed by atoms with Gasteiger partial charge in [-0.25, -0.2) is 4.98 Å². The van der Waals surface area contributed by atoms with Crippen LogP contribution in [0.2, 0.25) is 41.3 Å². The van der Waals surface area contributed by atoms with Gasteiger partial charge in [-0.1, -0.05) is 135 Å². The Bertz CT molecular complexity index is 2050. The van der Waals surface area contributed by atoms with Crippen LogP contribution in [-0.4, -0.2) is 79.0 Å². The van der Waals surface area contributed by atoms with Gasteiger partial charge in [-0.3, -0.25) is 4.79 Å². The highest BCUT2D eigenvalue weighted by Gasteiger charge is 2.50. The molecule has 1 fully saturated rings. The first kappa shape index (κ1) is 53.7. The molecule has 4 aromatic rings. The monoisotopic (exact) mass is 960 g/mol. The molecule has 1 aliphatic heterocycles. The molecule has 1 saturated heterocycles. The summed E-state index contributed by atoms with van der Waals surface area (Å²) in [6.07, 6.45) is 1.60. The first-order chi connectivity index (χ1) is 30.8. The summed E-state index contributed by atoms with van der Waals surface area (Å²) >= 11 is 0. The van der Waals surface area contributed by atoms with Crippen molar-refractivity contribution in [2.45, 2.75) is 186 Å². The number of carbonyl (C=O) groups excluding carboxylic acids is 1. The van der Waals surface area contributed by atoms with E-state index in [9.17, 15) is 9.90 Å². The van der Waals surface area contributed by atoms with Gasteiger partial charge in [-0.05, 0) is 82.2 Å². The van der Waals surface area contributed by atoms with Gasteiger partial charge in [0.2, 0.25) is 5.89 Å². The van der Waals surface area contributed by atoms with Crippen molar-refractivity contribution in [2.24, 2.45) is 0 Å². The predicted octanol–water partition coefficient (Wildman–Crippen LogP) is 11.5. The van der Waals surface area contributed by atoms with Crippen molar-refractivity contribution in [1.29, 1.82) is 0 Å². The highest BCUT2D eigenvalue weighted by molar-refractivity contribution is 6.99. The highest BCUT2D eigenvalue weighted by atomic mass is 28.4. The second kappa shape index (κ2) is 22.5. The van der Waals surface area contributed by atoms with Gasteiger partial charge >= 0.3 is 0 Å². The molecule has 5 atom stereocenters. The quantitative estimate of drug-likeness (QED) is 0.0763. The molecule has 13 heteroatoms. The van der Waals surface area contributed by atoms with Gasteiger partial charge < -0.3 is 37.0 Å². The summed E-state index contributed by atoms with van der Waals surface area (Å²) in [6, 6.07) is 28.9. The Labute approximate surface area is 399 Å². The van der Waals surface area contributed by atoms with Crippen LogP contribution in [-0.2, 0) is 40.8 Å². The van der Waals surface area contributed by atoms with Crippen molar-refractivity contribution in [2.75, 3.05) is 13.7 Å². The Morgan fingerprint density at radius 3 is 1.89 bits per heavy atom. The van der Waals surface area contributed by atoms with Crippen LogP contribution in [0.3, 0.4) is 0 Å².